The van der Waals surface area contributed by atoms with Crippen LogP contribution in [0.1, 0.15) is 23.3 Å². The average molecular weight is 385 g/mol. The third-order valence-electron chi connectivity index (χ3n) is 6.02. The third kappa shape index (κ3) is 3.49. The van der Waals surface area contributed by atoms with Crippen LogP contribution in [0.2, 0.25) is 0 Å². The number of rotatable bonds is 4. The predicted octanol–water partition coefficient (Wildman–Crippen LogP) is 0.716. The van der Waals surface area contributed by atoms with Crippen LogP contribution in [0.3, 0.4) is 0 Å². The number of likely N-dealkylation sites (tertiary alicyclic amines) is 1. The highest BCUT2D eigenvalue weighted by Gasteiger charge is 2.38. The van der Waals surface area contributed by atoms with Crippen molar-refractivity contribution in [3.05, 3.63) is 30.0 Å². The second-order valence-electron chi connectivity index (χ2n) is 7.94. The first-order valence-electron chi connectivity index (χ1n) is 9.70. The molecule has 2 saturated heterocycles. The Morgan fingerprint density at radius 3 is 2.54 bits per heavy atom. The number of methoxy groups -OCH3 is 1. The fourth-order valence-corrected chi connectivity index (χ4v) is 4.56. The molecule has 1 aromatic heterocycles. The number of carbonyl (C=O) groups is 2. The highest BCUT2D eigenvalue weighted by molar-refractivity contribution is 6.05. The van der Waals surface area contributed by atoms with Gasteiger partial charge in [0, 0.05) is 36.6 Å². The molecule has 2 aliphatic rings. The number of nitrogens with one attached hydrogen (secondary N) is 1. The fourth-order valence-electron chi connectivity index (χ4n) is 4.56. The Morgan fingerprint density at radius 1 is 1.18 bits per heavy atom. The average Bonchev–Trinajstić information content (AvgIpc) is 3.02. The zero-order valence-electron chi connectivity index (χ0n) is 16.6. The quantitative estimate of drug-likeness (QED) is 0.781. The van der Waals surface area contributed by atoms with E-state index in [9.17, 15) is 9.59 Å². The molecule has 0 aliphatic carbocycles. The molecule has 8 nitrogen and oxygen atoms in total. The van der Waals surface area contributed by atoms with E-state index in [1.807, 2.05) is 24.3 Å². The summed E-state index contributed by atoms with van der Waals surface area (Å²) in [4.78, 5) is 29.5. The number of ether oxygens (including phenoxy) is 1. The van der Waals surface area contributed by atoms with Crippen molar-refractivity contribution in [3.8, 4) is 0 Å². The number of nitrogens with zero attached hydrogens (tertiary/aromatic N) is 4. The number of piperidine rings is 1. The lowest BCUT2D eigenvalue weighted by atomic mass is 9.88. The monoisotopic (exact) mass is 385 g/mol. The molecule has 3 heterocycles. The normalized spacial score (nSPS) is 25.6. The molecule has 2 atom stereocenters. The van der Waals surface area contributed by atoms with Gasteiger partial charge in [-0.15, -0.1) is 0 Å². The predicted molar refractivity (Wildman–Crippen MR) is 105 cm³/mol. The number of para-hydroxylation sites is 1. The number of aromatic nitrogens is 2. The van der Waals surface area contributed by atoms with Crippen LogP contribution >= 0.6 is 0 Å². The summed E-state index contributed by atoms with van der Waals surface area (Å²) in [5.74, 6) is -0.576. The summed E-state index contributed by atoms with van der Waals surface area (Å²) >= 11 is 0. The number of esters is 1. The number of fused-ring (bicyclic) bond motifs is 3. The molecule has 1 aromatic carbocycles. The molecule has 0 spiro atoms. The highest BCUT2D eigenvalue weighted by atomic mass is 16.5. The minimum absolute atomic E-state index is 0.0188. The van der Waals surface area contributed by atoms with Gasteiger partial charge in [-0.3, -0.25) is 19.2 Å². The summed E-state index contributed by atoms with van der Waals surface area (Å²) in [7, 11) is 5.68. The fraction of sp³-hybridized carbons (Fsp3) is 0.550. The smallest absolute Gasteiger partial charge is 0.327 e. The van der Waals surface area contributed by atoms with E-state index in [-0.39, 0.29) is 18.5 Å². The first-order valence-corrected chi connectivity index (χ1v) is 9.70. The SMILES string of the molecule is COC(=O)Cn1nc(C(=O)NC2CC3CN(C)CC(C2)N3C)c2ccccc21. The van der Waals surface area contributed by atoms with Gasteiger partial charge in [0.2, 0.25) is 0 Å². The van der Waals surface area contributed by atoms with Gasteiger partial charge in [-0.25, -0.2) is 0 Å². The van der Waals surface area contributed by atoms with Crippen LogP contribution < -0.4 is 5.32 Å². The molecule has 8 heteroatoms. The van der Waals surface area contributed by atoms with Crippen LogP contribution in [0.4, 0.5) is 0 Å². The molecule has 1 N–H and O–H groups in total. The standard InChI is InChI=1S/C20H27N5O3/c1-23-10-14-8-13(9-15(11-23)24(14)2)21-20(27)19-16-6-4-5-7-17(16)25(22-19)12-18(26)28-3/h4-7,13-15H,8-12H2,1-3H3,(H,21,27). The molecule has 1 amide bonds. The first kappa shape index (κ1) is 18.9. The van der Waals surface area contributed by atoms with Crippen molar-refractivity contribution < 1.29 is 14.3 Å². The molecule has 0 radical (unpaired) electrons. The van der Waals surface area contributed by atoms with Gasteiger partial charge < -0.3 is 15.0 Å². The van der Waals surface area contributed by atoms with E-state index >= 15 is 0 Å². The van der Waals surface area contributed by atoms with E-state index in [1.165, 1.54) is 11.8 Å². The topological polar surface area (TPSA) is 79.7 Å². The number of hydrogen-bond donors (Lipinski definition) is 1. The van der Waals surface area contributed by atoms with Gasteiger partial charge in [-0.2, -0.15) is 5.10 Å². The Labute approximate surface area is 164 Å². The van der Waals surface area contributed by atoms with Crippen molar-refractivity contribution in [2.24, 2.45) is 0 Å². The van der Waals surface area contributed by atoms with Gasteiger partial charge in [0.05, 0.1) is 12.6 Å². The molecule has 2 bridgehead atoms. The lowest BCUT2D eigenvalue weighted by Gasteiger charge is -2.50. The minimum Gasteiger partial charge on any atom is -0.468 e. The van der Waals surface area contributed by atoms with Crippen LogP contribution in [-0.4, -0.2) is 83.9 Å². The van der Waals surface area contributed by atoms with Crippen LogP contribution in [0.15, 0.2) is 24.3 Å². The lowest BCUT2D eigenvalue weighted by molar-refractivity contribution is -0.141. The number of amides is 1. The third-order valence-corrected chi connectivity index (χ3v) is 6.02. The molecule has 150 valence electrons. The number of likely N-dealkylation sites (N-methyl/N-ethyl adjacent to an activating group) is 2. The van der Waals surface area contributed by atoms with Gasteiger partial charge in [-0.1, -0.05) is 18.2 Å². The lowest BCUT2D eigenvalue weighted by Crippen LogP contribution is -2.63. The second kappa shape index (κ2) is 7.52. The zero-order chi connectivity index (χ0) is 19.8. The number of benzene rings is 1. The number of piperazine rings is 1. The molecule has 4 rings (SSSR count). The van der Waals surface area contributed by atoms with Crippen molar-refractivity contribution >= 4 is 22.8 Å². The van der Waals surface area contributed by atoms with E-state index < -0.39 is 5.97 Å². The van der Waals surface area contributed by atoms with E-state index in [0.29, 0.717) is 17.8 Å². The summed E-state index contributed by atoms with van der Waals surface area (Å²) in [5, 5.41) is 8.37. The Bertz CT molecular complexity index is 879. The van der Waals surface area contributed by atoms with Gasteiger partial charge in [0.15, 0.2) is 5.69 Å². The summed E-state index contributed by atoms with van der Waals surface area (Å²) < 4.78 is 6.28. The van der Waals surface area contributed by atoms with Gasteiger partial charge in [-0.05, 0) is 33.0 Å². The van der Waals surface area contributed by atoms with Crippen LogP contribution in [-0.2, 0) is 16.1 Å². The second-order valence-corrected chi connectivity index (χ2v) is 7.94. The van der Waals surface area contributed by atoms with Gasteiger partial charge in [0.25, 0.3) is 5.91 Å². The molecule has 28 heavy (non-hydrogen) atoms. The van der Waals surface area contributed by atoms with Crippen LogP contribution in [0.25, 0.3) is 10.9 Å². The Hall–Kier alpha value is -2.45. The number of carbonyl (C=O) groups excluding carboxylic acids is 2. The maximum atomic E-state index is 13.0. The molecular weight excluding hydrogens is 358 g/mol. The van der Waals surface area contributed by atoms with Crippen LogP contribution in [0, 0.1) is 0 Å². The molecule has 2 aliphatic heterocycles. The van der Waals surface area contributed by atoms with Crippen molar-refractivity contribution in [2.45, 2.75) is 37.5 Å². The summed E-state index contributed by atoms with van der Waals surface area (Å²) in [6.45, 7) is 2.03. The molecule has 2 unspecified atom stereocenters. The van der Waals surface area contributed by atoms with Crippen molar-refractivity contribution in [2.75, 3.05) is 34.3 Å². The minimum atomic E-state index is -0.396. The Balaban J connectivity index is 1.54. The van der Waals surface area contributed by atoms with E-state index in [0.717, 1.165) is 36.8 Å². The Morgan fingerprint density at radius 2 is 1.86 bits per heavy atom. The van der Waals surface area contributed by atoms with Crippen LogP contribution in [0.5, 0.6) is 0 Å². The maximum Gasteiger partial charge on any atom is 0.327 e. The van der Waals surface area contributed by atoms with Crippen molar-refractivity contribution in [1.29, 1.82) is 0 Å². The first-order chi connectivity index (χ1) is 13.5. The van der Waals surface area contributed by atoms with Gasteiger partial charge >= 0.3 is 5.97 Å². The van der Waals surface area contributed by atoms with Crippen molar-refractivity contribution in [3.63, 3.8) is 0 Å². The summed E-state index contributed by atoms with van der Waals surface area (Å²) in [6, 6.07) is 8.51. The van der Waals surface area contributed by atoms with E-state index in [2.05, 4.69) is 34.3 Å². The highest BCUT2D eigenvalue weighted by Crippen LogP contribution is 2.27. The number of hydrogen-bond acceptors (Lipinski definition) is 6. The zero-order valence-corrected chi connectivity index (χ0v) is 16.6. The molecule has 2 fully saturated rings. The Kier molecular flexibility index (Phi) is 5.07. The largest absolute Gasteiger partial charge is 0.468 e. The van der Waals surface area contributed by atoms with Gasteiger partial charge in [0.1, 0.15) is 6.54 Å². The maximum absolute atomic E-state index is 13.0. The summed E-state index contributed by atoms with van der Waals surface area (Å²) in [6.07, 6.45) is 1.87. The summed E-state index contributed by atoms with van der Waals surface area (Å²) in [5.41, 5.74) is 1.11. The molecule has 0 saturated carbocycles. The van der Waals surface area contributed by atoms with E-state index in [1.54, 1.807) is 0 Å². The van der Waals surface area contributed by atoms with E-state index in [4.69, 9.17) is 4.74 Å². The van der Waals surface area contributed by atoms with Crippen molar-refractivity contribution in [1.82, 2.24) is 24.9 Å². The molecular formula is C20H27N5O3. The molecule has 2 aromatic rings.